The lowest BCUT2D eigenvalue weighted by Crippen LogP contribution is -2.36. The van der Waals surface area contributed by atoms with E-state index in [0.717, 1.165) is 25.2 Å². The first-order valence-electron chi connectivity index (χ1n) is 8.93. The SMILES string of the molecule is CC1CC(NCCOC2CCCCCC2)CN1C1CC1. The summed E-state index contributed by atoms with van der Waals surface area (Å²) in [5.41, 5.74) is 0. The average molecular weight is 280 g/mol. The molecule has 1 heterocycles. The molecule has 3 aliphatic rings. The molecule has 0 amide bonds. The molecule has 2 atom stereocenters. The number of nitrogens with zero attached hydrogens (tertiary/aromatic N) is 1. The van der Waals surface area contributed by atoms with E-state index in [2.05, 4.69) is 17.1 Å². The molecule has 3 rings (SSSR count). The largest absolute Gasteiger partial charge is 0.377 e. The summed E-state index contributed by atoms with van der Waals surface area (Å²) in [4.78, 5) is 2.71. The Balaban J connectivity index is 1.28. The van der Waals surface area contributed by atoms with Crippen molar-refractivity contribution in [1.29, 1.82) is 0 Å². The number of hydrogen-bond donors (Lipinski definition) is 1. The smallest absolute Gasteiger partial charge is 0.0594 e. The summed E-state index contributed by atoms with van der Waals surface area (Å²) in [6, 6.07) is 2.39. The van der Waals surface area contributed by atoms with E-state index in [4.69, 9.17) is 4.74 Å². The predicted molar refractivity (Wildman–Crippen MR) is 83.0 cm³/mol. The van der Waals surface area contributed by atoms with Crippen molar-refractivity contribution in [2.45, 2.75) is 88.9 Å². The van der Waals surface area contributed by atoms with Crippen molar-refractivity contribution in [2.75, 3.05) is 19.7 Å². The number of rotatable bonds is 6. The molecule has 20 heavy (non-hydrogen) atoms. The van der Waals surface area contributed by atoms with E-state index in [1.165, 1.54) is 64.3 Å². The van der Waals surface area contributed by atoms with Crippen LogP contribution in [0, 0.1) is 0 Å². The van der Waals surface area contributed by atoms with E-state index < -0.39 is 0 Å². The van der Waals surface area contributed by atoms with E-state index in [0.29, 0.717) is 12.1 Å². The van der Waals surface area contributed by atoms with Crippen molar-refractivity contribution >= 4 is 0 Å². The van der Waals surface area contributed by atoms with E-state index in [9.17, 15) is 0 Å². The predicted octanol–water partition coefficient (Wildman–Crippen LogP) is 2.94. The van der Waals surface area contributed by atoms with E-state index in [1.807, 2.05) is 0 Å². The van der Waals surface area contributed by atoms with Gasteiger partial charge in [0.2, 0.25) is 0 Å². The van der Waals surface area contributed by atoms with Crippen LogP contribution in [0.3, 0.4) is 0 Å². The van der Waals surface area contributed by atoms with Crippen molar-refractivity contribution in [1.82, 2.24) is 10.2 Å². The molecule has 0 bridgehead atoms. The molecule has 2 unspecified atom stereocenters. The lowest BCUT2D eigenvalue weighted by atomic mass is 10.1. The third kappa shape index (κ3) is 4.19. The van der Waals surface area contributed by atoms with Gasteiger partial charge >= 0.3 is 0 Å². The van der Waals surface area contributed by atoms with Gasteiger partial charge in [0.1, 0.15) is 0 Å². The molecule has 0 aromatic carbocycles. The fourth-order valence-corrected chi connectivity index (χ4v) is 4.02. The number of nitrogens with one attached hydrogen (secondary N) is 1. The Kier molecular flexibility index (Phi) is 5.36. The second-order valence-corrected chi connectivity index (χ2v) is 7.15. The fourth-order valence-electron chi connectivity index (χ4n) is 4.02. The zero-order valence-corrected chi connectivity index (χ0v) is 13.2. The van der Waals surface area contributed by atoms with Crippen LogP contribution in [0.4, 0.5) is 0 Å². The van der Waals surface area contributed by atoms with Gasteiger partial charge in [0.25, 0.3) is 0 Å². The highest BCUT2D eigenvalue weighted by Gasteiger charge is 2.38. The van der Waals surface area contributed by atoms with Crippen LogP contribution in [0.15, 0.2) is 0 Å². The molecular formula is C17H32N2O. The quantitative estimate of drug-likeness (QED) is 0.598. The molecule has 3 heteroatoms. The van der Waals surface area contributed by atoms with Crippen LogP contribution in [0.25, 0.3) is 0 Å². The van der Waals surface area contributed by atoms with Gasteiger partial charge in [-0.2, -0.15) is 0 Å². The third-order valence-electron chi connectivity index (χ3n) is 5.33. The minimum absolute atomic E-state index is 0.546. The Morgan fingerprint density at radius 2 is 1.80 bits per heavy atom. The van der Waals surface area contributed by atoms with Gasteiger partial charge in [-0.15, -0.1) is 0 Å². The summed E-state index contributed by atoms with van der Waals surface area (Å²) in [5, 5.41) is 3.71. The molecule has 0 aromatic rings. The second kappa shape index (κ2) is 7.24. The zero-order chi connectivity index (χ0) is 13.8. The molecule has 0 spiro atoms. The summed E-state index contributed by atoms with van der Waals surface area (Å²) in [7, 11) is 0. The summed E-state index contributed by atoms with van der Waals surface area (Å²) in [6.07, 6.45) is 12.9. The molecular weight excluding hydrogens is 248 g/mol. The highest BCUT2D eigenvalue weighted by atomic mass is 16.5. The highest BCUT2D eigenvalue weighted by Crippen LogP contribution is 2.33. The second-order valence-electron chi connectivity index (χ2n) is 7.15. The maximum absolute atomic E-state index is 6.06. The molecule has 1 N–H and O–H groups in total. The normalized spacial score (nSPS) is 33.5. The van der Waals surface area contributed by atoms with Gasteiger partial charge in [-0.05, 0) is 39.0 Å². The topological polar surface area (TPSA) is 24.5 Å². The Labute approximate surface area is 124 Å². The molecule has 116 valence electrons. The Hall–Kier alpha value is -0.120. The maximum Gasteiger partial charge on any atom is 0.0594 e. The summed E-state index contributed by atoms with van der Waals surface area (Å²) in [6.45, 7) is 5.59. The average Bonchev–Trinajstić information content (AvgIpc) is 3.24. The van der Waals surface area contributed by atoms with E-state index in [-0.39, 0.29) is 0 Å². The van der Waals surface area contributed by atoms with Crippen molar-refractivity contribution in [3.63, 3.8) is 0 Å². The lowest BCUT2D eigenvalue weighted by Gasteiger charge is -2.20. The Morgan fingerprint density at radius 3 is 2.50 bits per heavy atom. The van der Waals surface area contributed by atoms with Gasteiger partial charge in [-0.3, -0.25) is 4.90 Å². The Bertz CT molecular complexity index is 285. The van der Waals surface area contributed by atoms with Gasteiger partial charge in [-0.1, -0.05) is 25.7 Å². The van der Waals surface area contributed by atoms with Crippen LogP contribution < -0.4 is 5.32 Å². The number of likely N-dealkylation sites (tertiary alicyclic amines) is 1. The highest BCUT2D eigenvalue weighted by molar-refractivity contribution is 4.95. The van der Waals surface area contributed by atoms with Crippen molar-refractivity contribution < 1.29 is 4.74 Å². The number of ether oxygens (including phenoxy) is 1. The van der Waals surface area contributed by atoms with Crippen molar-refractivity contribution in [2.24, 2.45) is 0 Å². The monoisotopic (exact) mass is 280 g/mol. The molecule has 3 fully saturated rings. The van der Waals surface area contributed by atoms with Crippen LogP contribution in [0.2, 0.25) is 0 Å². The minimum atomic E-state index is 0.546. The zero-order valence-electron chi connectivity index (χ0n) is 13.2. The molecule has 0 radical (unpaired) electrons. The summed E-state index contributed by atoms with van der Waals surface area (Å²) >= 11 is 0. The summed E-state index contributed by atoms with van der Waals surface area (Å²) < 4.78 is 6.06. The van der Waals surface area contributed by atoms with Crippen LogP contribution in [0.5, 0.6) is 0 Å². The standard InChI is InChI=1S/C17H32N2O/c1-14-12-15(13-19(14)16-8-9-16)18-10-11-20-17-6-4-2-3-5-7-17/h14-18H,2-13H2,1H3. The molecule has 1 aliphatic heterocycles. The van der Waals surface area contributed by atoms with Crippen molar-refractivity contribution in [3.8, 4) is 0 Å². The van der Waals surface area contributed by atoms with Gasteiger partial charge in [-0.25, -0.2) is 0 Å². The first kappa shape index (κ1) is 14.8. The molecule has 1 saturated heterocycles. The van der Waals surface area contributed by atoms with Crippen LogP contribution in [-0.2, 0) is 4.74 Å². The van der Waals surface area contributed by atoms with Gasteiger partial charge in [0, 0.05) is 31.2 Å². The lowest BCUT2D eigenvalue weighted by molar-refractivity contribution is 0.0441. The van der Waals surface area contributed by atoms with Crippen LogP contribution >= 0.6 is 0 Å². The summed E-state index contributed by atoms with van der Waals surface area (Å²) in [5.74, 6) is 0. The third-order valence-corrected chi connectivity index (χ3v) is 5.33. The maximum atomic E-state index is 6.06. The first-order chi connectivity index (χ1) is 9.83. The van der Waals surface area contributed by atoms with Crippen LogP contribution in [-0.4, -0.2) is 48.8 Å². The first-order valence-corrected chi connectivity index (χ1v) is 8.93. The van der Waals surface area contributed by atoms with Crippen molar-refractivity contribution in [3.05, 3.63) is 0 Å². The fraction of sp³-hybridized carbons (Fsp3) is 1.00. The van der Waals surface area contributed by atoms with E-state index in [1.54, 1.807) is 0 Å². The molecule has 2 saturated carbocycles. The van der Waals surface area contributed by atoms with Gasteiger partial charge in [0.15, 0.2) is 0 Å². The van der Waals surface area contributed by atoms with E-state index >= 15 is 0 Å². The number of hydrogen-bond acceptors (Lipinski definition) is 3. The molecule has 3 nitrogen and oxygen atoms in total. The molecule has 2 aliphatic carbocycles. The Morgan fingerprint density at radius 1 is 1.05 bits per heavy atom. The van der Waals surface area contributed by atoms with Gasteiger partial charge < -0.3 is 10.1 Å². The minimum Gasteiger partial charge on any atom is -0.377 e. The van der Waals surface area contributed by atoms with Crippen LogP contribution in [0.1, 0.15) is 64.7 Å². The molecule has 0 aromatic heterocycles. The van der Waals surface area contributed by atoms with Gasteiger partial charge in [0.05, 0.1) is 12.7 Å².